The van der Waals surface area contributed by atoms with Gasteiger partial charge in [-0.2, -0.15) is 0 Å². The van der Waals surface area contributed by atoms with Crippen molar-refractivity contribution in [3.8, 4) is 0 Å². The van der Waals surface area contributed by atoms with Crippen LogP contribution >= 0.6 is 0 Å². The van der Waals surface area contributed by atoms with Crippen molar-refractivity contribution in [3.05, 3.63) is 65.1 Å². The van der Waals surface area contributed by atoms with Crippen LogP contribution < -0.4 is 10.2 Å². The molecule has 0 aliphatic carbocycles. The number of nitrogens with one attached hydrogen (secondary N) is 2. The molecule has 1 atom stereocenters. The smallest absolute Gasteiger partial charge is 0.123 e. The lowest BCUT2D eigenvalue weighted by Gasteiger charge is -2.25. The topological polar surface area (TPSA) is 31.1 Å². The first-order valence-corrected chi connectivity index (χ1v) is 7.94. The van der Waals surface area contributed by atoms with Gasteiger partial charge in [-0.15, -0.1) is 0 Å². The Hall–Kier alpha value is -2.33. The Morgan fingerprint density at radius 1 is 1.09 bits per heavy atom. The van der Waals surface area contributed by atoms with Gasteiger partial charge in [0.1, 0.15) is 5.82 Å². The lowest BCUT2D eigenvalue weighted by molar-refractivity contribution is 0.560. The minimum Gasteiger partial charge on any atom is -0.378 e. The van der Waals surface area contributed by atoms with E-state index in [1.54, 1.807) is 6.07 Å². The Bertz CT molecular complexity index is 849. The molecule has 2 N–H and O–H groups in total. The molecule has 0 amide bonds. The number of hydrogen-bond donors (Lipinski definition) is 2. The number of hydrogen-bond acceptors (Lipinski definition) is 2. The van der Waals surface area contributed by atoms with Crippen molar-refractivity contribution >= 4 is 16.6 Å². The van der Waals surface area contributed by atoms with Gasteiger partial charge in [-0.3, -0.25) is 0 Å². The molecule has 2 heterocycles. The van der Waals surface area contributed by atoms with Crippen LogP contribution in [-0.4, -0.2) is 25.6 Å². The number of anilines is 1. The van der Waals surface area contributed by atoms with Crippen LogP contribution in [0.3, 0.4) is 0 Å². The van der Waals surface area contributed by atoms with Crippen molar-refractivity contribution in [2.24, 2.45) is 0 Å². The molecule has 1 aliphatic rings. The summed E-state index contributed by atoms with van der Waals surface area (Å²) < 4.78 is 13.6. The van der Waals surface area contributed by atoms with E-state index in [4.69, 9.17) is 0 Å². The van der Waals surface area contributed by atoms with Crippen LogP contribution in [0.1, 0.15) is 22.9 Å². The average Bonchev–Trinajstić information content (AvgIpc) is 2.93. The zero-order chi connectivity index (χ0) is 16.0. The second-order valence-corrected chi connectivity index (χ2v) is 6.33. The zero-order valence-electron chi connectivity index (χ0n) is 13.4. The number of benzene rings is 2. The van der Waals surface area contributed by atoms with Gasteiger partial charge >= 0.3 is 0 Å². The van der Waals surface area contributed by atoms with Crippen LogP contribution in [0.5, 0.6) is 0 Å². The van der Waals surface area contributed by atoms with Gasteiger partial charge in [-0.1, -0.05) is 12.1 Å². The number of nitrogens with zero attached hydrogens (tertiary/aromatic N) is 1. The number of H-pyrrole nitrogens is 1. The summed E-state index contributed by atoms with van der Waals surface area (Å²) in [5.41, 5.74) is 5.82. The summed E-state index contributed by atoms with van der Waals surface area (Å²) in [6.45, 7) is 0.899. The van der Waals surface area contributed by atoms with E-state index in [9.17, 15) is 4.39 Å². The van der Waals surface area contributed by atoms with E-state index in [1.807, 2.05) is 20.2 Å². The summed E-state index contributed by atoms with van der Waals surface area (Å²) in [6, 6.07) is 13.7. The standard InChI is InChI=1S/C19H20FN3/c1-23(2)14-6-3-12(4-7-14)18-19-15(9-10-21-18)16-11-13(20)5-8-17(16)22-19/h3-8,11,18,21-22H,9-10H2,1-2H3/t18-/m0/s1. The summed E-state index contributed by atoms with van der Waals surface area (Å²) in [5.74, 6) is -0.176. The second-order valence-electron chi connectivity index (χ2n) is 6.33. The first kappa shape index (κ1) is 14.3. The molecule has 0 saturated carbocycles. The predicted octanol–water partition coefficient (Wildman–Crippen LogP) is 3.61. The van der Waals surface area contributed by atoms with E-state index < -0.39 is 0 Å². The van der Waals surface area contributed by atoms with Gasteiger partial charge in [0.2, 0.25) is 0 Å². The first-order chi connectivity index (χ1) is 11.1. The maximum Gasteiger partial charge on any atom is 0.123 e. The van der Waals surface area contributed by atoms with E-state index in [2.05, 4.69) is 39.5 Å². The summed E-state index contributed by atoms with van der Waals surface area (Å²) in [4.78, 5) is 5.58. The van der Waals surface area contributed by atoms with Crippen LogP contribution in [-0.2, 0) is 6.42 Å². The van der Waals surface area contributed by atoms with Crippen molar-refractivity contribution in [3.63, 3.8) is 0 Å². The monoisotopic (exact) mass is 309 g/mol. The summed E-state index contributed by atoms with van der Waals surface area (Å²) >= 11 is 0. The van der Waals surface area contributed by atoms with Gasteiger partial charge < -0.3 is 15.2 Å². The Labute approximate surface area is 135 Å². The Kier molecular flexibility index (Phi) is 3.34. The fourth-order valence-corrected chi connectivity index (χ4v) is 3.45. The van der Waals surface area contributed by atoms with Gasteiger partial charge in [0.05, 0.1) is 6.04 Å². The van der Waals surface area contributed by atoms with E-state index >= 15 is 0 Å². The van der Waals surface area contributed by atoms with E-state index in [0.29, 0.717) is 0 Å². The lowest BCUT2D eigenvalue weighted by atomic mass is 9.94. The third-order valence-electron chi connectivity index (χ3n) is 4.66. The number of rotatable bonds is 2. The number of halogens is 1. The van der Waals surface area contributed by atoms with Crippen molar-refractivity contribution < 1.29 is 4.39 Å². The van der Waals surface area contributed by atoms with Crippen molar-refractivity contribution in [2.75, 3.05) is 25.5 Å². The molecule has 0 unspecified atom stereocenters. The molecule has 0 spiro atoms. The van der Waals surface area contributed by atoms with Crippen molar-refractivity contribution in [2.45, 2.75) is 12.5 Å². The Morgan fingerprint density at radius 3 is 2.61 bits per heavy atom. The molecule has 1 aromatic heterocycles. The average molecular weight is 309 g/mol. The first-order valence-electron chi connectivity index (χ1n) is 7.94. The van der Waals surface area contributed by atoms with E-state index in [0.717, 1.165) is 29.6 Å². The van der Waals surface area contributed by atoms with Gasteiger partial charge in [0.15, 0.2) is 0 Å². The zero-order valence-corrected chi connectivity index (χ0v) is 13.4. The molecular weight excluding hydrogens is 289 g/mol. The van der Waals surface area contributed by atoms with Gasteiger partial charge in [-0.05, 0) is 47.9 Å². The quantitative estimate of drug-likeness (QED) is 0.758. The molecule has 1 aliphatic heterocycles. The number of fused-ring (bicyclic) bond motifs is 3. The fraction of sp³-hybridized carbons (Fsp3) is 0.263. The second kappa shape index (κ2) is 5.39. The summed E-state index contributed by atoms with van der Waals surface area (Å²) in [5, 5.41) is 4.59. The third-order valence-corrected chi connectivity index (χ3v) is 4.66. The summed E-state index contributed by atoms with van der Waals surface area (Å²) in [6.07, 6.45) is 0.922. The van der Waals surface area contributed by atoms with Gasteiger partial charge in [-0.25, -0.2) is 4.39 Å². The SMILES string of the molecule is CN(C)c1ccc([C@@H]2NCCc3c2[nH]c2ccc(F)cc32)cc1. The molecule has 3 aromatic rings. The van der Waals surface area contributed by atoms with E-state index in [1.165, 1.54) is 22.9 Å². The fourth-order valence-electron chi connectivity index (χ4n) is 3.45. The minimum absolute atomic E-state index is 0.130. The Balaban J connectivity index is 1.79. The highest BCUT2D eigenvalue weighted by Gasteiger charge is 2.25. The highest BCUT2D eigenvalue weighted by atomic mass is 19.1. The molecule has 118 valence electrons. The van der Waals surface area contributed by atoms with Crippen LogP contribution in [0.2, 0.25) is 0 Å². The van der Waals surface area contributed by atoms with Crippen LogP contribution in [0.15, 0.2) is 42.5 Å². The molecule has 4 rings (SSSR count). The molecule has 4 heteroatoms. The largest absolute Gasteiger partial charge is 0.378 e. The maximum atomic E-state index is 13.6. The molecule has 0 saturated heterocycles. The van der Waals surface area contributed by atoms with Crippen LogP contribution in [0.25, 0.3) is 10.9 Å². The van der Waals surface area contributed by atoms with Crippen molar-refractivity contribution in [1.82, 2.24) is 10.3 Å². The highest BCUT2D eigenvalue weighted by molar-refractivity contribution is 5.85. The molecule has 0 bridgehead atoms. The molecule has 23 heavy (non-hydrogen) atoms. The molecule has 3 nitrogen and oxygen atoms in total. The van der Waals surface area contributed by atoms with Crippen LogP contribution in [0, 0.1) is 5.82 Å². The molecule has 0 fully saturated rings. The summed E-state index contributed by atoms with van der Waals surface area (Å²) in [7, 11) is 4.08. The van der Waals surface area contributed by atoms with Crippen molar-refractivity contribution in [1.29, 1.82) is 0 Å². The molecule has 0 radical (unpaired) electrons. The predicted molar refractivity (Wildman–Crippen MR) is 92.6 cm³/mol. The lowest BCUT2D eigenvalue weighted by Crippen LogP contribution is -2.30. The highest BCUT2D eigenvalue weighted by Crippen LogP contribution is 2.34. The number of aromatic nitrogens is 1. The Morgan fingerprint density at radius 2 is 1.87 bits per heavy atom. The molecular formula is C19H20FN3. The normalized spacial score (nSPS) is 17.3. The van der Waals surface area contributed by atoms with Gasteiger partial charge in [0.25, 0.3) is 0 Å². The van der Waals surface area contributed by atoms with Gasteiger partial charge in [0, 0.05) is 42.9 Å². The maximum absolute atomic E-state index is 13.6. The van der Waals surface area contributed by atoms with E-state index in [-0.39, 0.29) is 11.9 Å². The van der Waals surface area contributed by atoms with Crippen LogP contribution in [0.4, 0.5) is 10.1 Å². The third kappa shape index (κ3) is 2.39. The minimum atomic E-state index is -0.176. The molecule has 2 aromatic carbocycles. The number of aromatic amines is 1.